The molecular formula is C14H17NO5S. The Kier molecular flexibility index (Phi) is 4.04. The van der Waals surface area contributed by atoms with Gasteiger partial charge in [-0.2, -0.15) is 0 Å². The Morgan fingerprint density at radius 1 is 1.29 bits per heavy atom. The van der Waals surface area contributed by atoms with Gasteiger partial charge >= 0.3 is 5.97 Å². The highest BCUT2D eigenvalue weighted by molar-refractivity contribution is 7.92. The minimum absolute atomic E-state index is 0.0842. The Bertz CT molecular complexity index is 704. The number of nitrogens with one attached hydrogen (secondary N) is 1. The highest BCUT2D eigenvalue weighted by Crippen LogP contribution is 2.23. The van der Waals surface area contributed by atoms with Crippen LogP contribution in [0, 0.1) is 13.8 Å². The van der Waals surface area contributed by atoms with Gasteiger partial charge in [0.05, 0.1) is 10.5 Å². The Morgan fingerprint density at radius 2 is 1.90 bits per heavy atom. The smallest absolute Gasteiger partial charge is 0.335 e. The van der Waals surface area contributed by atoms with Crippen molar-refractivity contribution in [1.29, 1.82) is 0 Å². The minimum Gasteiger partial charge on any atom is -0.478 e. The lowest BCUT2D eigenvalue weighted by Crippen LogP contribution is -2.32. The van der Waals surface area contributed by atoms with E-state index in [1.54, 1.807) is 13.8 Å². The maximum absolute atomic E-state index is 12.3. The molecule has 0 aliphatic heterocycles. The van der Waals surface area contributed by atoms with Crippen molar-refractivity contribution in [3.05, 3.63) is 28.8 Å². The fourth-order valence-electron chi connectivity index (χ4n) is 2.02. The van der Waals surface area contributed by atoms with Gasteiger partial charge in [0.25, 0.3) is 0 Å². The van der Waals surface area contributed by atoms with Crippen LogP contribution in [-0.2, 0) is 14.6 Å². The molecule has 7 heteroatoms. The molecule has 21 heavy (non-hydrogen) atoms. The van der Waals surface area contributed by atoms with Crippen LogP contribution in [0.3, 0.4) is 0 Å². The van der Waals surface area contributed by atoms with Crippen molar-refractivity contribution in [2.24, 2.45) is 0 Å². The number of aromatic carboxylic acids is 1. The van der Waals surface area contributed by atoms with E-state index in [0.29, 0.717) is 11.1 Å². The molecule has 1 aromatic rings. The molecule has 114 valence electrons. The summed E-state index contributed by atoms with van der Waals surface area (Å²) in [7, 11) is -3.86. The highest BCUT2D eigenvalue weighted by Gasteiger charge is 2.28. The van der Waals surface area contributed by atoms with Gasteiger partial charge < -0.3 is 10.4 Å². The molecule has 6 nitrogen and oxygen atoms in total. The molecule has 0 bridgehead atoms. The van der Waals surface area contributed by atoms with E-state index >= 15 is 0 Å². The van der Waals surface area contributed by atoms with Crippen molar-refractivity contribution in [2.75, 3.05) is 5.75 Å². The van der Waals surface area contributed by atoms with Gasteiger partial charge in [0.15, 0.2) is 9.84 Å². The van der Waals surface area contributed by atoms with E-state index < -0.39 is 27.5 Å². The molecule has 2 rings (SSSR count). The van der Waals surface area contributed by atoms with Crippen LogP contribution in [0.15, 0.2) is 17.0 Å². The summed E-state index contributed by atoms with van der Waals surface area (Å²) in [6, 6.07) is 2.62. The zero-order chi connectivity index (χ0) is 15.8. The Labute approximate surface area is 123 Å². The molecule has 0 radical (unpaired) electrons. The first-order valence-electron chi connectivity index (χ1n) is 6.57. The molecular weight excluding hydrogens is 294 g/mol. The van der Waals surface area contributed by atoms with E-state index in [1.807, 2.05) is 0 Å². The third-order valence-corrected chi connectivity index (χ3v) is 5.20. The lowest BCUT2D eigenvalue weighted by molar-refractivity contribution is -0.118. The van der Waals surface area contributed by atoms with Crippen molar-refractivity contribution >= 4 is 21.7 Å². The molecule has 1 aliphatic carbocycles. The van der Waals surface area contributed by atoms with E-state index in [2.05, 4.69) is 5.32 Å². The van der Waals surface area contributed by atoms with Crippen molar-refractivity contribution in [1.82, 2.24) is 5.32 Å². The average Bonchev–Trinajstić information content (AvgIpc) is 3.14. The van der Waals surface area contributed by atoms with Crippen molar-refractivity contribution in [3.8, 4) is 0 Å². The van der Waals surface area contributed by atoms with Gasteiger partial charge in [-0.05, 0) is 49.9 Å². The monoisotopic (exact) mass is 311 g/mol. The lowest BCUT2D eigenvalue weighted by Gasteiger charge is -2.11. The molecule has 0 aromatic heterocycles. The van der Waals surface area contributed by atoms with E-state index in [0.717, 1.165) is 18.9 Å². The molecule has 0 atom stereocenters. The largest absolute Gasteiger partial charge is 0.478 e. The Morgan fingerprint density at radius 3 is 2.43 bits per heavy atom. The molecule has 1 aromatic carbocycles. The predicted octanol–water partition coefficient (Wildman–Crippen LogP) is 1.05. The number of amides is 1. The van der Waals surface area contributed by atoms with Crippen LogP contribution < -0.4 is 5.32 Å². The second-order valence-electron chi connectivity index (χ2n) is 5.32. The van der Waals surface area contributed by atoms with Crippen LogP contribution >= 0.6 is 0 Å². The summed E-state index contributed by atoms with van der Waals surface area (Å²) in [6.45, 7) is 3.25. The molecule has 0 unspecified atom stereocenters. The maximum atomic E-state index is 12.3. The number of hydrogen-bond donors (Lipinski definition) is 2. The van der Waals surface area contributed by atoms with Crippen LogP contribution in [-0.4, -0.2) is 37.2 Å². The first kappa shape index (κ1) is 15.5. The summed E-state index contributed by atoms with van der Waals surface area (Å²) in [6.07, 6.45) is 1.75. The summed E-state index contributed by atoms with van der Waals surface area (Å²) < 4.78 is 24.7. The van der Waals surface area contributed by atoms with Gasteiger partial charge in [0, 0.05) is 6.04 Å². The van der Waals surface area contributed by atoms with Crippen LogP contribution in [0.1, 0.15) is 34.3 Å². The standard InChI is InChI=1S/C14H17NO5S/c1-8-5-10(14(17)18)6-12(9(8)2)21(19,20)7-13(16)15-11-3-4-11/h5-6,11H,3-4,7H2,1-2H3,(H,15,16)(H,17,18). The summed E-state index contributed by atoms with van der Waals surface area (Å²) in [4.78, 5) is 22.6. The summed E-state index contributed by atoms with van der Waals surface area (Å²) >= 11 is 0. The number of carbonyl (C=O) groups is 2. The maximum Gasteiger partial charge on any atom is 0.335 e. The molecule has 0 heterocycles. The van der Waals surface area contributed by atoms with Crippen LogP contribution in [0.5, 0.6) is 0 Å². The molecule has 1 saturated carbocycles. The first-order valence-corrected chi connectivity index (χ1v) is 8.22. The molecule has 2 N–H and O–H groups in total. The zero-order valence-electron chi connectivity index (χ0n) is 11.8. The topological polar surface area (TPSA) is 101 Å². The molecule has 1 aliphatic rings. The van der Waals surface area contributed by atoms with E-state index in [1.165, 1.54) is 6.07 Å². The molecule has 1 fully saturated rings. The molecule has 0 saturated heterocycles. The second kappa shape index (κ2) is 5.48. The van der Waals surface area contributed by atoms with E-state index in [9.17, 15) is 18.0 Å². The SMILES string of the molecule is Cc1cc(C(=O)O)cc(S(=O)(=O)CC(=O)NC2CC2)c1C. The van der Waals surface area contributed by atoms with Gasteiger partial charge in [-0.3, -0.25) is 4.79 Å². The number of rotatable bonds is 5. The van der Waals surface area contributed by atoms with Gasteiger partial charge in [-0.15, -0.1) is 0 Å². The Balaban J connectivity index is 2.33. The van der Waals surface area contributed by atoms with Gasteiger partial charge in [-0.25, -0.2) is 13.2 Å². The highest BCUT2D eigenvalue weighted by atomic mass is 32.2. The quantitative estimate of drug-likeness (QED) is 0.846. The molecule has 1 amide bonds. The summed E-state index contributed by atoms with van der Waals surface area (Å²) in [5.74, 6) is -2.40. The number of carboxylic acid groups (broad SMARTS) is 1. The van der Waals surface area contributed by atoms with Gasteiger partial charge in [0.2, 0.25) is 5.91 Å². The number of carboxylic acids is 1. The van der Waals surface area contributed by atoms with Crippen LogP contribution in [0.4, 0.5) is 0 Å². The predicted molar refractivity (Wildman–Crippen MR) is 76.1 cm³/mol. The lowest BCUT2D eigenvalue weighted by atomic mass is 10.1. The molecule has 0 spiro atoms. The second-order valence-corrected chi connectivity index (χ2v) is 7.28. The zero-order valence-corrected chi connectivity index (χ0v) is 12.7. The van der Waals surface area contributed by atoms with Crippen LogP contribution in [0.2, 0.25) is 0 Å². The Hall–Kier alpha value is -1.89. The number of carbonyl (C=O) groups excluding carboxylic acids is 1. The van der Waals surface area contributed by atoms with E-state index in [4.69, 9.17) is 5.11 Å². The fourth-order valence-corrected chi connectivity index (χ4v) is 3.54. The third kappa shape index (κ3) is 3.60. The number of benzene rings is 1. The first-order chi connectivity index (χ1) is 9.70. The third-order valence-electron chi connectivity index (χ3n) is 3.47. The fraction of sp³-hybridized carbons (Fsp3) is 0.429. The number of sulfone groups is 1. The van der Waals surface area contributed by atoms with Gasteiger partial charge in [-0.1, -0.05) is 0 Å². The normalized spacial score (nSPS) is 14.8. The van der Waals surface area contributed by atoms with E-state index in [-0.39, 0.29) is 16.5 Å². The number of hydrogen-bond acceptors (Lipinski definition) is 4. The minimum atomic E-state index is -3.86. The number of aryl methyl sites for hydroxylation is 1. The van der Waals surface area contributed by atoms with Crippen molar-refractivity contribution < 1.29 is 23.1 Å². The van der Waals surface area contributed by atoms with Crippen molar-refractivity contribution in [2.45, 2.75) is 37.6 Å². The average molecular weight is 311 g/mol. The van der Waals surface area contributed by atoms with Gasteiger partial charge in [0.1, 0.15) is 5.75 Å². The summed E-state index contributed by atoms with van der Waals surface area (Å²) in [5.41, 5.74) is 0.939. The van der Waals surface area contributed by atoms with Crippen molar-refractivity contribution in [3.63, 3.8) is 0 Å². The van der Waals surface area contributed by atoms with Crippen LogP contribution in [0.25, 0.3) is 0 Å². The summed E-state index contributed by atoms with van der Waals surface area (Å²) in [5, 5.41) is 11.6.